The van der Waals surface area contributed by atoms with Crippen molar-refractivity contribution in [1.29, 1.82) is 0 Å². The standard InChI is InChI=1S/C20H27N5O2.CH2O2/c1-23(2)20(15-8-4-3-5-9-15)11-13-24(14-16(20)26)19(27)18-22-21-17-10-6-7-12-25(17)18;2-1-3/h3-5,8-9,16,26H,6-7,10-14H2,1-2H3;1H,(H,2,3)/t16-,20+;/m1./s1. The summed E-state index contributed by atoms with van der Waals surface area (Å²) in [5.74, 6) is 1.18. The van der Waals surface area contributed by atoms with Gasteiger partial charge in [0, 0.05) is 26.1 Å². The number of likely N-dealkylation sites (N-methyl/N-ethyl adjacent to an activating group) is 1. The van der Waals surface area contributed by atoms with E-state index in [0.717, 1.165) is 37.2 Å². The van der Waals surface area contributed by atoms with E-state index in [4.69, 9.17) is 9.90 Å². The van der Waals surface area contributed by atoms with E-state index in [1.54, 1.807) is 4.90 Å². The van der Waals surface area contributed by atoms with Crippen LogP contribution in [0.5, 0.6) is 0 Å². The minimum Gasteiger partial charge on any atom is -0.483 e. The van der Waals surface area contributed by atoms with E-state index >= 15 is 0 Å². The number of hydrogen-bond donors (Lipinski definition) is 2. The van der Waals surface area contributed by atoms with Gasteiger partial charge in [-0.15, -0.1) is 10.2 Å². The first-order valence-electron chi connectivity index (χ1n) is 10.2. The van der Waals surface area contributed by atoms with Gasteiger partial charge < -0.3 is 19.7 Å². The molecule has 0 saturated carbocycles. The van der Waals surface area contributed by atoms with Crippen LogP contribution in [0.15, 0.2) is 30.3 Å². The largest absolute Gasteiger partial charge is 0.483 e. The zero-order valence-corrected chi connectivity index (χ0v) is 17.4. The number of likely N-dealkylation sites (tertiary alicyclic amines) is 1. The molecule has 1 aromatic carbocycles. The Kier molecular flexibility index (Phi) is 6.84. The quantitative estimate of drug-likeness (QED) is 0.719. The third kappa shape index (κ3) is 3.95. The Morgan fingerprint density at radius 3 is 2.53 bits per heavy atom. The van der Waals surface area contributed by atoms with Crippen molar-refractivity contribution in [3.8, 4) is 0 Å². The highest BCUT2D eigenvalue weighted by Crippen LogP contribution is 2.38. The third-order valence-electron chi connectivity index (χ3n) is 6.12. The fourth-order valence-electron chi connectivity index (χ4n) is 4.56. The number of rotatable bonds is 3. The molecule has 2 aliphatic heterocycles. The summed E-state index contributed by atoms with van der Waals surface area (Å²) in [6.07, 6.45) is 3.00. The lowest BCUT2D eigenvalue weighted by Crippen LogP contribution is -2.61. The van der Waals surface area contributed by atoms with Crippen LogP contribution in [-0.4, -0.2) is 80.4 Å². The highest BCUT2D eigenvalue weighted by atomic mass is 16.3. The third-order valence-corrected chi connectivity index (χ3v) is 6.12. The molecule has 1 saturated heterocycles. The van der Waals surface area contributed by atoms with Gasteiger partial charge in [-0.3, -0.25) is 14.5 Å². The van der Waals surface area contributed by atoms with Crippen LogP contribution in [0.25, 0.3) is 0 Å². The van der Waals surface area contributed by atoms with E-state index in [2.05, 4.69) is 27.2 Å². The normalized spacial score (nSPS) is 23.3. The van der Waals surface area contributed by atoms with Crippen molar-refractivity contribution in [1.82, 2.24) is 24.6 Å². The molecule has 4 rings (SSSR count). The monoisotopic (exact) mass is 415 g/mol. The van der Waals surface area contributed by atoms with Crippen LogP contribution < -0.4 is 0 Å². The second-order valence-electron chi connectivity index (χ2n) is 7.86. The summed E-state index contributed by atoms with van der Waals surface area (Å²) in [4.78, 5) is 25.2. The average Bonchev–Trinajstić information content (AvgIpc) is 3.18. The number of carbonyl (C=O) groups is 2. The lowest BCUT2D eigenvalue weighted by atomic mass is 9.77. The topological polar surface area (TPSA) is 112 Å². The number of aromatic nitrogens is 3. The summed E-state index contributed by atoms with van der Waals surface area (Å²) in [6.45, 7) is 1.41. The number of hydrogen-bond acceptors (Lipinski definition) is 6. The number of aliphatic hydroxyl groups excluding tert-OH is 1. The van der Waals surface area contributed by atoms with E-state index in [0.29, 0.717) is 18.8 Å². The summed E-state index contributed by atoms with van der Waals surface area (Å²) in [6, 6.07) is 10.1. The molecule has 0 unspecified atom stereocenters. The van der Waals surface area contributed by atoms with Crippen LogP contribution in [0.2, 0.25) is 0 Å². The van der Waals surface area contributed by atoms with Crippen molar-refractivity contribution in [3.05, 3.63) is 47.5 Å². The molecule has 1 amide bonds. The molecule has 1 aromatic heterocycles. The number of piperidine rings is 1. The molecule has 0 aliphatic carbocycles. The molecule has 2 aliphatic rings. The van der Waals surface area contributed by atoms with Gasteiger partial charge in [0.2, 0.25) is 5.82 Å². The molecule has 9 heteroatoms. The van der Waals surface area contributed by atoms with Crippen LogP contribution in [0, 0.1) is 0 Å². The first-order chi connectivity index (χ1) is 14.5. The number of aryl methyl sites for hydroxylation is 1. The lowest BCUT2D eigenvalue weighted by molar-refractivity contribution is -0.122. The molecule has 0 spiro atoms. The molecule has 9 nitrogen and oxygen atoms in total. The zero-order chi connectivity index (χ0) is 21.7. The maximum absolute atomic E-state index is 13.1. The number of fused-ring (bicyclic) bond motifs is 1. The molecular weight excluding hydrogens is 386 g/mol. The van der Waals surface area contributed by atoms with E-state index < -0.39 is 11.6 Å². The second-order valence-corrected chi connectivity index (χ2v) is 7.86. The number of β-amino-alcohol motifs (C(OH)–C–C–N with tert-alkyl or cyclic N) is 1. The summed E-state index contributed by atoms with van der Waals surface area (Å²) < 4.78 is 1.95. The molecule has 0 radical (unpaired) electrons. The lowest BCUT2D eigenvalue weighted by Gasteiger charge is -2.49. The molecule has 2 atom stereocenters. The molecule has 2 N–H and O–H groups in total. The molecule has 3 heterocycles. The predicted molar refractivity (Wildman–Crippen MR) is 110 cm³/mol. The van der Waals surface area contributed by atoms with Gasteiger partial charge in [-0.2, -0.15) is 0 Å². The Hall–Kier alpha value is -2.78. The van der Waals surface area contributed by atoms with Gasteiger partial charge in [0.05, 0.1) is 11.6 Å². The van der Waals surface area contributed by atoms with Crippen molar-refractivity contribution >= 4 is 12.4 Å². The number of carbonyl (C=O) groups excluding carboxylic acids is 1. The van der Waals surface area contributed by atoms with Crippen molar-refractivity contribution in [2.24, 2.45) is 0 Å². The maximum Gasteiger partial charge on any atom is 0.291 e. The first-order valence-corrected chi connectivity index (χ1v) is 10.2. The van der Waals surface area contributed by atoms with Crippen molar-refractivity contribution in [3.63, 3.8) is 0 Å². The van der Waals surface area contributed by atoms with Gasteiger partial charge in [-0.25, -0.2) is 0 Å². The van der Waals surface area contributed by atoms with Crippen molar-refractivity contribution in [2.75, 3.05) is 27.2 Å². The fraction of sp³-hybridized carbons (Fsp3) is 0.524. The Morgan fingerprint density at radius 2 is 1.90 bits per heavy atom. The predicted octanol–water partition coefficient (Wildman–Crippen LogP) is 0.979. The summed E-state index contributed by atoms with van der Waals surface area (Å²) >= 11 is 0. The Balaban J connectivity index is 0.000000806. The minimum absolute atomic E-state index is 0.130. The van der Waals surface area contributed by atoms with Crippen molar-refractivity contribution in [2.45, 2.75) is 43.9 Å². The van der Waals surface area contributed by atoms with Gasteiger partial charge in [0.1, 0.15) is 5.82 Å². The molecular formula is C21H29N5O4. The highest BCUT2D eigenvalue weighted by Gasteiger charge is 2.47. The Bertz CT molecular complexity index is 870. The van der Waals surface area contributed by atoms with E-state index in [9.17, 15) is 9.90 Å². The fourth-order valence-corrected chi connectivity index (χ4v) is 4.56. The van der Waals surface area contributed by atoms with Crippen LogP contribution in [0.3, 0.4) is 0 Å². The first kappa shape index (κ1) is 21.9. The highest BCUT2D eigenvalue weighted by molar-refractivity contribution is 5.91. The smallest absolute Gasteiger partial charge is 0.291 e. The van der Waals surface area contributed by atoms with Gasteiger partial charge in [-0.05, 0) is 38.9 Å². The van der Waals surface area contributed by atoms with Crippen molar-refractivity contribution < 1.29 is 19.8 Å². The van der Waals surface area contributed by atoms with Gasteiger partial charge >= 0.3 is 0 Å². The number of nitrogens with zero attached hydrogens (tertiary/aromatic N) is 5. The average molecular weight is 415 g/mol. The summed E-state index contributed by atoms with van der Waals surface area (Å²) in [7, 11) is 3.98. The Morgan fingerprint density at radius 1 is 1.20 bits per heavy atom. The zero-order valence-electron chi connectivity index (χ0n) is 17.4. The van der Waals surface area contributed by atoms with E-state index in [1.807, 2.05) is 36.9 Å². The minimum atomic E-state index is -0.684. The molecule has 162 valence electrons. The van der Waals surface area contributed by atoms with Crippen LogP contribution >= 0.6 is 0 Å². The van der Waals surface area contributed by atoms with Gasteiger partial charge in [-0.1, -0.05) is 30.3 Å². The molecule has 0 bridgehead atoms. The second kappa shape index (κ2) is 9.36. The molecule has 30 heavy (non-hydrogen) atoms. The molecule has 1 fully saturated rings. The van der Waals surface area contributed by atoms with Crippen LogP contribution in [-0.2, 0) is 23.3 Å². The Labute approximate surface area is 175 Å². The number of carboxylic acid groups (broad SMARTS) is 1. The van der Waals surface area contributed by atoms with E-state index in [-0.39, 0.29) is 18.9 Å². The van der Waals surface area contributed by atoms with E-state index in [1.165, 1.54) is 0 Å². The number of amides is 1. The SMILES string of the molecule is CN(C)[C@]1(c2ccccc2)CCN(C(=O)c2nnc3n2CCCC3)C[C@H]1O.O=CO. The number of aliphatic hydroxyl groups is 1. The number of benzene rings is 1. The van der Waals surface area contributed by atoms with Gasteiger partial charge in [0.25, 0.3) is 12.4 Å². The van der Waals surface area contributed by atoms with Crippen LogP contribution in [0.1, 0.15) is 41.3 Å². The van der Waals surface area contributed by atoms with Gasteiger partial charge in [0.15, 0.2) is 0 Å². The molecule has 2 aromatic rings. The summed E-state index contributed by atoms with van der Waals surface area (Å²) in [5, 5.41) is 26.4. The summed E-state index contributed by atoms with van der Waals surface area (Å²) in [5.41, 5.74) is 0.580. The maximum atomic E-state index is 13.1. The van der Waals surface area contributed by atoms with Crippen LogP contribution in [0.4, 0.5) is 0 Å².